The van der Waals surface area contributed by atoms with Gasteiger partial charge in [0.25, 0.3) is 5.91 Å². The first-order chi connectivity index (χ1) is 18.0. The van der Waals surface area contributed by atoms with Crippen molar-refractivity contribution in [2.75, 3.05) is 23.1 Å². The minimum absolute atomic E-state index is 0.141. The molecule has 37 heavy (non-hydrogen) atoms. The molecule has 0 aliphatic carbocycles. The molecule has 0 aliphatic heterocycles. The van der Waals surface area contributed by atoms with Crippen LogP contribution in [-0.4, -0.2) is 24.8 Å². The molecule has 7 nitrogen and oxygen atoms in total. The Balaban J connectivity index is 1.40. The number of methoxy groups -OCH3 is 1. The third-order valence-electron chi connectivity index (χ3n) is 5.59. The Bertz CT molecular complexity index is 1370. The summed E-state index contributed by atoms with van der Waals surface area (Å²) < 4.78 is 5.28. The summed E-state index contributed by atoms with van der Waals surface area (Å²) in [4.78, 5) is 37.9. The monoisotopic (exact) mass is 493 g/mol. The number of carbonyl (C=O) groups excluding carboxylic acids is 3. The Morgan fingerprint density at radius 3 is 1.76 bits per heavy atom. The third-order valence-corrected chi connectivity index (χ3v) is 5.59. The van der Waals surface area contributed by atoms with Crippen molar-refractivity contribution in [1.82, 2.24) is 0 Å². The van der Waals surface area contributed by atoms with E-state index >= 15 is 0 Å². The number of hydrogen-bond acceptors (Lipinski definition) is 4. The molecular formula is C30H27N3O4. The van der Waals surface area contributed by atoms with Crippen LogP contribution in [0.2, 0.25) is 0 Å². The quantitative estimate of drug-likeness (QED) is 0.294. The van der Waals surface area contributed by atoms with E-state index in [1.807, 2.05) is 60.7 Å². The van der Waals surface area contributed by atoms with E-state index in [0.717, 1.165) is 11.1 Å². The number of carbonyl (C=O) groups is 3. The lowest BCUT2D eigenvalue weighted by Crippen LogP contribution is -2.18. The number of nitrogens with one attached hydrogen (secondary N) is 3. The molecule has 3 amide bonds. The number of ether oxygens (including phenoxy) is 1. The van der Waals surface area contributed by atoms with E-state index in [9.17, 15) is 14.4 Å². The number of rotatable bonds is 9. The fourth-order valence-electron chi connectivity index (χ4n) is 3.72. The average Bonchev–Trinajstić information content (AvgIpc) is 2.91. The van der Waals surface area contributed by atoms with Crippen molar-refractivity contribution in [3.8, 4) is 5.75 Å². The minimum atomic E-state index is -0.356. The zero-order chi connectivity index (χ0) is 26.0. The Morgan fingerprint density at radius 2 is 1.19 bits per heavy atom. The highest BCUT2D eigenvalue weighted by molar-refractivity contribution is 6.07. The molecule has 0 radical (unpaired) electrons. The van der Waals surface area contributed by atoms with Crippen molar-refractivity contribution in [1.29, 1.82) is 0 Å². The molecule has 0 spiro atoms. The van der Waals surface area contributed by atoms with Crippen molar-refractivity contribution in [2.24, 2.45) is 0 Å². The van der Waals surface area contributed by atoms with Crippen LogP contribution in [0.5, 0.6) is 5.75 Å². The van der Waals surface area contributed by atoms with Gasteiger partial charge in [-0.3, -0.25) is 14.4 Å². The lowest BCUT2D eigenvalue weighted by atomic mass is 10.1. The number of anilines is 3. The second-order valence-electron chi connectivity index (χ2n) is 8.36. The van der Waals surface area contributed by atoms with Crippen LogP contribution in [0.25, 0.3) is 0 Å². The van der Waals surface area contributed by atoms with Crippen LogP contribution >= 0.6 is 0 Å². The molecule has 0 saturated carbocycles. The molecule has 0 atom stereocenters. The summed E-state index contributed by atoms with van der Waals surface area (Å²) in [5.74, 6) is -0.169. The van der Waals surface area contributed by atoms with Crippen LogP contribution in [0.15, 0.2) is 103 Å². The van der Waals surface area contributed by atoms with Crippen LogP contribution in [0, 0.1) is 0 Å². The van der Waals surface area contributed by atoms with Gasteiger partial charge in [-0.1, -0.05) is 60.7 Å². The summed E-state index contributed by atoms with van der Waals surface area (Å²) in [5.41, 5.74) is 3.66. The van der Waals surface area contributed by atoms with Gasteiger partial charge < -0.3 is 20.7 Å². The van der Waals surface area contributed by atoms with E-state index in [4.69, 9.17) is 4.74 Å². The molecule has 0 aliphatic rings. The molecular weight excluding hydrogens is 466 g/mol. The van der Waals surface area contributed by atoms with E-state index in [2.05, 4.69) is 16.0 Å². The van der Waals surface area contributed by atoms with E-state index in [-0.39, 0.29) is 30.6 Å². The van der Waals surface area contributed by atoms with E-state index < -0.39 is 0 Å². The van der Waals surface area contributed by atoms with E-state index in [1.54, 1.807) is 42.5 Å². The molecule has 0 unspecified atom stereocenters. The summed E-state index contributed by atoms with van der Waals surface area (Å²) in [6.07, 6.45) is 0.461. The molecule has 0 heterocycles. The summed E-state index contributed by atoms with van der Waals surface area (Å²) in [6.45, 7) is 0. The van der Waals surface area contributed by atoms with Gasteiger partial charge in [-0.25, -0.2) is 0 Å². The Kier molecular flexibility index (Phi) is 8.29. The topological polar surface area (TPSA) is 96.5 Å². The maximum absolute atomic E-state index is 12.9. The summed E-state index contributed by atoms with van der Waals surface area (Å²) in [7, 11) is 1.53. The lowest BCUT2D eigenvalue weighted by molar-refractivity contribution is -0.116. The Morgan fingerprint density at radius 1 is 0.622 bits per heavy atom. The SMILES string of the molecule is COc1ccc(NC(=O)c2ccc(NC(=O)Cc3ccccc3)cc2)c(NC(=O)Cc2ccccc2)c1. The highest BCUT2D eigenvalue weighted by Gasteiger charge is 2.14. The van der Waals surface area contributed by atoms with Gasteiger partial charge in [-0.15, -0.1) is 0 Å². The second kappa shape index (κ2) is 12.2. The summed E-state index contributed by atoms with van der Waals surface area (Å²) >= 11 is 0. The fourth-order valence-corrected chi connectivity index (χ4v) is 3.72. The van der Waals surface area contributed by atoms with Crippen LogP contribution < -0.4 is 20.7 Å². The van der Waals surface area contributed by atoms with Crippen molar-refractivity contribution in [2.45, 2.75) is 12.8 Å². The highest BCUT2D eigenvalue weighted by Crippen LogP contribution is 2.28. The maximum atomic E-state index is 12.9. The molecule has 4 aromatic carbocycles. The summed E-state index contributed by atoms with van der Waals surface area (Å²) in [5, 5.41) is 8.54. The molecule has 4 aromatic rings. The molecule has 0 bridgehead atoms. The summed E-state index contributed by atoms with van der Waals surface area (Å²) in [6, 6.07) is 30.5. The molecule has 4 rings (SSSR count). The number of benzene rings is 4. The molecule has 0 fully saturated rings. The molecule has 186 valence electrons. The fraction of sp³-hybridized carbons (Fsp3) is 0.100. The van der Waals surface area contributed by atoms with Gasteiger partial charge in [-0.2, -0.15) is 0 Å². The van der Waals surface area contributed by atoms with Crippen molar-refractivity contribution in [3.05, 3.63) is 120 Å². The van der Waals surface area contributed by atoms with Gasteiger partial charge in [0, 0.05) is 17.3 Å². The van der Waals surface area contributed by atoms with Crippen molar-refractivity contribution < 1.29 is 19.1 Å². The smallest absolute Gasteiger partial charge is 0.255 e. The molecule has 0 aromatic heterocycles. The first kappa shape index (κ1) is 25.2. The van der Waals surface area contributed by atoms with Crippen molar-refractivity contribution >= 4 is 34.8 Å². The van der Waals surface area contributed by atoms with Crippen LogP contribution in [0.1, 0.15) is 21.5 Å². The standard InChI is InChI=1S/C30H27N3O4/c1-37-25-16-17-26(27(20-25)32-29(35)19-22-10-6-3-7-11-22)33-30(36)23-12-14-24(15-13-23)31-28(34)18-21-8-4-2-5-9-21/h2-17,20H,18-19H2,1H3,(H,31,34)(H,32,35)(H,33,36). The molecule has 7 heteroatoms. The third kappa shape index (κ3) is 7.29. The van der Waals surface area contributed by atoms with E-state index in [1.165, 1.54) is 7.11 Å². The van der Waals surface area contributed by atoms with Gasteiger partial charge in [0.2, 0.25) is 11.8 Å². The number of hydrogen-bond donors (Lipinski definition) is 3. The van der Waals surface area contributed by atoms with Crippen molar-refractivity contribution in [3.63, 3.8) is 0 Å². The minimum Gasteiger partial charge on any atom is -0.497 e. The average molecular weight is 494 g/mol. The Labute approximate surface area is 215 Å². The maximum Gasteiger partial charge on any atom is 0.255 e. The molecule has 0 saturated heterocycles. The van der Waals surface area contributed by atoms with Crippen LogP contribution in [0.4, 0.5) is 17.1 Å². The van der Waals surface area contributed by atoms with Crippen LogP contribution in [0.3, 0.4) is 0 Å². The van der Waals surface area contributed by atoms with Gasteiger partial charge in [0.1, 0.15) is 5.75 Å². The van der Waals surface area contributed by atoms with Gasteiger partial charge in [0.05, 0.1) is 31.3 Å². The predicted molar refractivity (Wildman–Crippen MR) is 145 cm³/mol. The zero-order valence-electron chi connectivity index (χ0n) is 20.4. The van der Waals surface area contributed by atoms with E-state index in [0.29, 0.717) is 28.4 Å². The van der Waals surface area contributed by atoms with Gasteiger partial charge >= 0.3 is 0 Å². The lowest BCUT2D eigenvalue weighted by Gasteiger charge is -2.14. The zero-order valence-corrected chi connectivity index (χ0v) is 20.4. The second-order valence-corrected chi connectivity index (χ2v) is 8.36. The number of amides is 3. The van der Waals surface area contributed by atoms with Gasteiger partial charge in [-0.05, 0) is 47.5 Å². The first-order valence-electron chi connectivity index (χ1n) is 11.8. The van der Waals surface area contributed by atoms with Gasteiger partial charge in [0.15, 0.2) is 0 Å². The first-order valence-corrected chi connectivity index (χ1v) is 11.8. The largest absolute Gasteiger partial charge is 0.497 e. The Hall–Kier alpha value is -4.91. The highest BCUT2D eigenvalue weighted by atomic mass is 16.5. The van der Waals surface area contributed by atoms with Crippen LogP contribution in [-0.2, 0) is 22.4 Å². The molecule has 3 N–H and O–H groups in total. The predicted octanol–water partition coefficient (Wildman–Crippen LogP) is 5.31. The normalized spacial score (nSPS) is 10.3.